The van der Waals surface area contributed by atoms with Crippen molar-refractivity contribution in [3.05, 3.63) is 75.8 Å². The van der Waals surface area contributed by atoms with Crippen LogP contribution in [0, 0.1) is 10.1 Å². The van der Waals surface area contributed by atoms with Crippen LogP contribution in [0.3, 0.4) is 0 Å². The van der Waals surface area contributed by atoms with Crippen LogP contribution in [-0.2, 0) is 16.9 Å². The van der Waals surface area contributed by atoms with E-state index < -0.39 is 34.9 Å². The molecule has 7 nitrogen and oxygen atoms in total. The zero-order chi connectivity index (χ0) is 21.2. The summed E-state index contributed by atoms with van der Waals surface area (Å²) in [5.41, 5.74) is -3.27. The first-order valence-electron chi connectivity index (χ1n) is 8.60. The van der Waals surface area contributed by atoms with Crippen LogP contribution >= 0.6 is 0 Å². The fraction of sp³-hybridized carbons (Fsp3) is 0.263. The Morgan fingerprint density at radius 2 is 1.79 bits per heavy atom. The van der Waals surface area contributed by atoms with Crippen molar-refractivity contribution < 1.29 is 28.0 Å². The van der Waals surface area contributed by atoms with Gasteiger partial charge in [0.1, 0.15) is 5.71 Å². The van der Waals surface area contributed by atoms with Crippen molar-refractivity contribution in [3.8, 4) is 0 Å². The molecule has 2 aromatic carbocycles. The Kier molecular flexibility index (Phi) is 5.38. The van der Waals surface area contributed by atoms with E-state index in [-0.39, 0.29) is 24.1 Å². The van der Waals surface area contributed by atoms with Crippen molar-refractivity contribution in [1.82, 2.24) is 5.01 Å². The van der Waals surface area contributed by atoms with Crippen LogP contribution in [0.15, 0.2) is 59.7 Å². The lowest BCUT2D eigenvalue weighted by Gasteiger charge is -2.31. The number of halogens is 3. The Morgan fingerprint density at radius 3 is 2.34 bits per heavy atom. The lowest BCUT2D eigenvalue weighted by molar-refractivity contribution is -0.384. The number of rotatable bonds is 5. The molecule has 3 rings (SSSR count). The van der Waals surface area contributed by atoms with Gasteiger partial charge in [0.2, 0.25) is 5.91 Å². The van der Waals surface area contributed by atoms with E-state index in [4.69, 9.17) is 0 Å². The van der Waals surface area contributed by atoms with E-state index in [9.17, 15) is 33.2 Å². The summed E-state index contributed by atoms with van der Waals surface area (Å²) in [6.07, 6.45) is -5.72. The van der Waals surface area contributed by atoms with E-state index in [0.717, 1.165) is 29.8 Å². The zero-order valence-corrected chi connectivity index (χ0v) is 15.0. The fourth-order valence-corrected chi connectivity index (χ4v) is 3.04. The number of carbonyl (C=O) groups excluding carboxylic acids is 1. The Labute approximate surface area is 163 Å². The molecule has 0 saturated heterocycles. The van der Waals surface area contributed by atoms with Crippen LogP contribution < -0.4 is 0 Å². The summed E-state index contributed by atoms with van der Waals surface area (Å²) >= 11 is 0. The highest BCUT2D eigenvalue weighted by molar-refractivity contribution is 5.94. The Bertz CT molecular complexity index is 945. The van der Waals surface area contributed by atoms with Crippen molar-refractivity contribution in [3.63, 3.8) is 0 Å². The van der Waals surface area contributed by atoms with E-state index in [2.05, 4.69) is 5.10 Å². The maximum absolute atomic E-state index is 13.2. The minimum Gasteiger partial charge on any atom is -0.365 e. The lowest BCUT2D eigenvalue weighted by atomic mass is 9.96. The molecule has 1 heterocycles. The molecule has 29 heavy (non-hydrogen) atoms. The molecule has 2 aromatic rings. The molecule has 1 atom stereocenters. The topological polar surface area (TPSA) is 96.0 Å². The van der Waals surface area contributed by atoms with E-state index in [1.54, 1.807) is 30.3 Å². The molecule has 1 amide bonds. The predicted octanol–water partition coefficient (Wildman–Crippen LogP) is 3.52. The molecule has 1 aliphatic rings. The minimum absolute atomic E-state index is 0.0980. The van der Waals surface area contributed by atoms with Crippen LogP contribution in [0.1, 0.15) is 24.0 Å². The first kappa shape index (κ1) is 20.5. The molecule has 0 aliphatic carbocycles. The Balaban J connectivity index is 1.89. The smallest absolute Gasteiger partial charge is 0.365 e. The van der Waals surface area contributed by atoms with Gasteiger partial charge < -0.3 is 5.11 Å². The Morgan fingerprint density at radius 1 is 1.17 bits per heavy atom. The monoisotopic (exact) mass is 407 g/mol. The quantitative estimate of drug-likeness (QED) is 0.606. The lowest BCUT2D eigenvalue weighted by Crippen LogP contribution is -2.43. The number of nitro benzene ring substituents is 1. The number of carbonyl (C=O) groups is 1. The second kappa shape index (κ2) is 7.63. The maximum atomic E-state index is 13.2. The van der Waals surface area contributed by atoms with Crippen molar-refractivity contribution >= 4 is 17.3 Å². The number of hydrazone groups is 1. The molecule has 0 saturated carbocycles. The van der Waals surface area contributed by atoms with Crippen molar-refractivity contribution in [2.45, 2.75) is 31.2 Å². The van der Waals surface area contributed by atoms with Gasteiger partial charge in [-0.1, -0.05) is 30.3 Å². The van der Waals surface area contributed by atoms with Crippen LogP contribution in [0.2, 0.25) is 0 Å². The molecule has 1 N–H and O–H groups in total. The van der Waals surface area contributed by atoms with Crippen LogP contribution in [-0.4, -0.2) is 32.8 Å². The SMILES string of the molecule is O=C(CCc1ccccc1)N1N=C(C(F)(F)F)C[C@@]1(O)c1ccc([N+](=O)[O-])cc1. The van der Waals surface area contributed by atoms with Crippen molar-refractivity contribution in [1.29, 1.82) is 0 Å². The average Bonchev–Trinajstić information content (AvgIpc) is 3.06. The number of non-ortho nitro benzene ring substituents is 1. The minimum atomic E-state index is -4.83. The van der Waals surface area contributed by atoms with Gasteiger partial charge in [0.05, 0.1) is 11.3 Å². The number of amides is 1. The molecule has 152 valence electrons. The molecule has 0 radical (unpaired) electrons. The van der Waals surface area contributed by atoms with E-state index in [1.165, 1.54) is 0 Å². The number of benzene rings is 2. The zero-order valence-electron chi connectivity index (χ0n) is 15.0. The third-order valence-electron chi connectivity index (χ3n) is 4.56. The molecule has 0 unspecified atom stereocenters. The van der Waals surface area contributed by atoms with Crippen molar-refractivity contribution in [2.75, 3.05) is 0 Å². The van der Waals surface area contributed by atoms with Gasteiger partial charge in [-0.3, -0.25) is 14.9 Å². The molecule has 0 bridgehead atoms. The fourth-order valence-electron chi connectivity index (χ4n) is 3.04. The first-order chi connectivity index (χ1) is 13.6. The standard InChI is InChI=1S/C19H16F3N3O4/c20-19(21,22)16-12-18(27,14-7-9-15(10-8-14)25(28)29)24(23-16)17(26)11-6-13-4-2-1-3-5-13/h1-5,7-10,27H,6,11-12H2/t18-/m1/s1. The molecule has 0 aromatic heterocycles. The highest BCUT2D eigenvalue weighted by Crippen LogP contribution is 2.40. The van der Waals surface area contributed by atoms with Crippen LogP contribution in [0.4, 0.5) is 18.9 Å². The second-order valence-corrected chi connectivity index (χ2v) is 6.53. The largest absolute Gasteiger partial charge is 0.431 e. The van der Waals surface area contributed by atoms with Crippen molar-refractivity contribution in [2.24, 2.45) is 5.10 Å². The number of alkyl halides is 3. The normalized spacial score (nSPS) is 19.2. The highest BCUT2D eigenvalue weighted by atomic mass is 19.4. The third-order valence-corrected chi connectivity index (χ3v) is 4.56. The van der Waals surface area contributed by atoms with Gasteiger partial charge in [0, 0.05) is 24.1 Å². The molecule has 1 aliphatic heterocycles. The number of aryl methyl sites for hydroxylation is 1. The summed E-state index contributed by atoms with van der Waals surface area (Å²) in [5, 5.41) is 25.6. The summed E-state index contributed by atoms with van der Waals surface area (Å²) in [7, 11) is 0. The molecule has 10 heteroatoms. The summed E-state index contributed by atoms with van der Waals surface area (Å²) in [4.78, 5) is 22.8. The maximum Gasteiger partial charge on any atom is 0.431 e. The summed E-state index contributed by atoms with van der Waals surface area (Å²) in [6, 6.07) is 13.2. The van der Waals surface area contributed by atoms with Gasteiger partial charge >= 0.3 is 6.18 Å². The van der Waals surface area contributed by atoms with E-state index >= 15 is 0 Å². The van der Waals surface area contributed by atoms with Crippen LogP contribution in [0.25, 0.3) is 0 Å². The van der Waals surface area contributed by atoms with Gasteiger partial charge in [-0.05, 0) is 24.1 Å². The number of hydrogen-bond acceptors (Lipinski definition) is 5. The predicted molar refractivity (Wildman–Crippen MR) is 96.7 cm³/mol. The average molecular weight is 407 g/mol. The van der Waals surface area contributed by atoms with Gasteiger partial charge in [-0.25, -0.2) is 0 Å². The van der Waals surface area contributed by atoms with Gasteiger partial charge in [0.15, 0.2) is 5.72 Å². The van der Waals surface area contributed by atoms with Gasteiger partial charge in [-0.15, -0.1) is 0 Å². The number of nitro groups is 1. The highest BCUT2D eigenvalue weighted by Gasteiger charge is 2.52. The molecule has 0 fully saturated rings. The molecular weight excluding hydrogens is 391 g/mol. The Hall–Kier alpha value is -3.27. The molecule has 0 spiro atoms. The first-order valence-corrected chi connectivity index (χ1v) is 8.60. The number of aliphatic hydroxyl groups is 1. The molecular formula is C19H16F3N3O4. The second-order valence-electron chi connectivity index (χ2n) is 6.53. The van der Waals surface area contributed by atoms with Crippen LogP contribution in [0.5, 0.6) is 0 Å². The third kappa shape index (κ3) is 4.27. The van der Waals surface area contributed by atoms with Gasteiger partial charge in [-0.2, -0.15) is 23.3 Å². The summed E-state index contributed by atoms with van der Waals surface area (Å²) in [6.45, 7) is 0. The summed E-state index contributed by atoms with van der Waals surface area (Å²) < 4.78 is 39.6. The van der Waals surface area contributed by atoms with E-state index in [0.29, 0.717) is 5.01 Å². The number of nitrogens with zero attached hydrogens (tertiary/aromatic N) is 3. The van der Waals surface area contributed by atoms with E-state index in [1.807, 2.05) is 0 Å². The summed E-state index contributed by atoms with van der Waals surface area (Å²) in [5.74, 6) is -0.797. The van der Waals surface area contributed by atoms with Gasteiger partial charge in [0.25, 0.3) is 5.69 Å². The number of hydrogen-bond donors (Lipinski definition) is 1.